The van der Waals surface area contributed by atoms with E-state index in [1.54, 1.807) is 14.2 Å². The van der Waals surface area contributed by atoms with Crippen molar-refractivity contribution in [1.82, 2.24) is 0 Å². The van der Waals surface area contributed by atoms with Gasteiger partial charge in [-0.2, -0.15) is 0 Å². The van der Waals surface area contributed by atoms with E-state index < -0.39 is 0 Å². The molecule has 1 aliphatic rings. The summed E-state index contributed by atoms with van der Waals surface area (Å²) < 4.78 is 10.8. The molecular weight excluding hydrogens is 152 g/mol. The normalized spacial score (nSPS) is 27.0. The van der Waals surface area contributed by atoms with Gasteiger partial charge in [0.2, 0.25) is 0 Å². The molecule has 0 aromatic rings. The van der Waals surface area contributed by atoms with Crippen LogP contribution in [0.5, 0.6) is 0 Å². The van der Waals surface area contributed by atoms with E-state index in [2.05, 4.69) is 13.8 Å². The zero-order valence-electron chi connectivity index (χ0n) is 8.64. The Bertz CT molecular complexity index is 136. The summed E-state index contributed by atoms with van der Waals surface area (Å²) in [5.41, 5.74) is 0.473. The first-order chi connectivity index (χ1) is 5.54. The molecule has 12 heavy (non-hydrogen) atoms. The fourth-order valence-electron chi connectivity index (χ4n) is 1.80. The Kier molecular flexibility index (Phi) is 2.79. The van der Waals surface area contributed by atoms with Gasteiger partial charge in [0.15, 0.2) is 5.79 Å². The smallest absolute Gasteiger partial charge is 0.167 e. The molecule has 0 aromatic carbocycles. The summed E-state index contributed by atoms with van der Waals surface area (Å²) in [4.78, 5) is 0. The Morgan fingerprint density at radius 3 is 1.58 bits per heavy atom. The molecule has 0 amide bonds. The fraction of sp³-hybridized carbons (Fsp3) is 1.00. The second kappa shape index (κ2) is 3.35. The molecule has 0 bridgehead atoms. The third kappa shape index (κ3) is 1.99. The molecule has 2 heteroatoms. The second-order valence-electron chi connectivity index (χ2n) is 4.48. The van der Waals surface area contributed by atoms with Gasteiger partial charge in [-0.1, -0.05) is 13.8 Å². The van der Waals surface area contributed by atoms with Gasteiger partial charge in [-0.25, -0.2) is 0 Å². The van der Waals surface area contributed by atoms with Crippen molar-refractivity contribution < 1.29 is 9.47 Å². The lowest BCUT2D eigenvalue weighted by molar-refractivity contribution is -0.232. The largest absolute Gasteiger partial charge is 0.353 e. The van der Waals surface area contributed by atoms with Crippen molar-refractivity contribution in [2.24, 2.45) is 5.41 Å². The van der Waals surface area contributed by atoms with Crippen LogP contribution in [0.2, 0.25) is 0 Å². The van der Waals surface area contributed by atoms with Crippen LogP contribution in [-0.4, -0.2) is 20.0 Å². The number of ether oxygens (including phenoxy) is 2. The molecular formula is C10H20O2. The number of rotatable bonds is 2. The maximum absolute atomic E-state index is 5.40. The predicted molar refractivity (Wildman–Crippen MR) is 49.0 cm³/mol. The first-order valence-electron chi connectivity index (χ1n) is 4.64. The molecule has 0 aliphatic heterocycles. The monoisotopic (exact) mass is 172 g/mol. The average Bonchev–Trinajstić information content (AvgIpc) is 2.06. The molecule has 0 spiro atoms. The molecule has 1 saturated carbocycles. The van der Waals surface area contributed by atoms with Gasteiger partial charge in [-0.15, -0.1) is 0 Å². The summed E-state index contributed by atoms with van der Waals surface area (Å²) in [5.74, 6) is -0.282. The van der Waals surface area contributed by atoms with Crippen molar-refractivity contribution >= 4 is 0 Å². The highest BCUT2D eigenvalue weighted by molar-refractivity contribution is 4.83. The summed E-state index contributed by atoms with van der Waals surface area (Å²) in [6, 6.07) is 0. The standard InChI is InChI=1S/C10H20O2/c1-9(2)5-7-10(11-3,12-4)8-6-9/h5-8H2,1-4H3. The van der Waals surface area contributed by atoms with Gasteiger partial charge in [0.1, 0.15) is 0 Å². The van der Waals surface area contributed by atoms with E-state index >= 15 is 0 Å². The SMILES string of the molecule is COC1(OC)CCC(C)(C)CC1. The zero-order chi connectivity index (χ0) is 9.24. The van der Waals surface area contributed by atoms with Crippen LogP contribution in [-0.2, 0) is 9.47 Å². The van der Waals surface area contributed by atoms with Gasteiger partial charge in [-0.3, -0.25) is 0 Å². The van der Waals surface area contributed by atoms with E-state index in [1.807, 2.05) is 0 Å². The van der Waals surface area contributed by atoms with E-state index in [9.17, 15) is 0 Å². The van der Waals surface area contributed by atoms with E-state index in [0.717, 1.165) is 12.8 Å². The molecule has 1 aliphatic carbocycles. The summed E-state index contributed by atoms with van der Waals surface area (Å²) in [5, 5.41) is 0. The zero-order valence-corrected chi connectivity index (χ0v) is 8.64. The minimum atomic E-state index is -0.282. The van der Waals surface area contributed by atoms with Crippen LogP contribution in [0.25, 0.3) is 0 Å². The quantitative estimate of drug-likeness (QED) is 0.596. The van der Waals surface area contributed by atoms with Crippen molar-refractivity contribution in [2.45, 2.75) is 45.3 Å². The van der Waals surface area contributed by atoms with Gasteiger partial charge < -0.3 is 9.47 Å². The Morgan fingerprint density at radius 2 is 1.25 bits per heavy atom. The number of hydrogen-bond acceptors (Lipinski definition) is 2. The molecule has 0 saturated heterocycles. The maximum Gasteiger partial charge on any atom is 0.167 e. The topological polar surface area (TPSA) is 18.5 Å². The lowest BCUT2D eigenvalue weighted by Gasteiger charge is -2.41. The fourth-order valence-corrected chi connectivity index (χ4v) is 1.80. The molecule has 0 radical (unpaired) electrons. The van der Waals surface area contributed by atoms with E-state index in [-0.39, 0.29) is 5.79 Å². The highest BCUT2D eigenvalue weighted by Gasteiger charge is 2.38. The van der Waals surface area contributed by atoms with Crippen molar-refractivity contribution in [2.75, 3.05) is 14.2 Å². The third-order valence-corrected chi connectivity index (χ3v) is 3.11. The first-order valence-corrected chi connectivity index (χ1v) is 4.64. The Labute approximate surface area is 75.2 Å². The first kappa shape index (κ1) is 10.0. The Hall–Kier alpha value is -0.0800. The van der Waals surface area contributed by atoms with Crippen molar-refractivity contribution in [1.29, 1.82) is 0 Å². The lowest BCUT2D eigenvalue weighted by atomic mass is 9.75. The summed E-state index contributed by atoms with van der Waals surface area (Å²) in [6.45, 7) is 4.62. The van der Waals surface area contributed by atoms with Crippen LogP contribution in [0.4, 0.5) is 0 Å². The molecule has 0 atom stereocenters. The molecule has 0 aromatic heterocycles. The summed E-state index contributed by atoms with van der Waals surface area (Å²) in [7, 11) is 3.48. The van der Waals surface area contributed by atoms with Crippen molar-refractivity contribution in [3.63, 3.8) is 0 Å². The Balaban J connectivity index is 2.53. The lowest BCUT2D eigenvalue weighted by Crippen LogP contribution is -2.40. The van der Waals surface area contributed by atoms with Crippen LogP contribution in [0, 0.1) is 5.41 Å². The molecule has 0 unspecified atom stereocenters. The molecule has 0 heterocycles. The van der Waals surface area contributed by atoms with E-state index in [0.29, 0.717) is 5.41 Å². The molecule has 2 nitrogen and oxygen atoms in total. The van der Waals surface area contributed by atoms with E-state index in [1.165, 1.54) is 12.8 Å². The van der Waals surface area contributed by atoms with Crippen molar-refractivity contribution in [3.05, 3.63) is 0 Å². The molecule has 1 rings (SSSR count). The van der Waals surface area contributed by atoms with Crippen LogP contribution in [0.3, 0.4) is 0 Å². The van der Waals surface area contributed by atoms with Crippen LogP contribution < -0.4 is 0 Å². The van der Waals surface area contributed by atoms with Gasteiger partial charge in [-0.05, 0) is 18.3 Å². The van der Waals surface area contributed by atoms with Crippen LogP contribution >= 0.6 is 0 Å². The summed E-state index contributed by atoms with van der Waals surface area (Å²) >= 11 is 0. The maximum atomic E-state index is 5.40. The number of methoxy groups -OCH3 is 2. The average molecular weight is 172 g/mol. The predicted octanol–water partition coefficient (Wildman–Crippen LogP) is 2.58. The molecule has 0 N–H and O–H groups in total. The molecule has 72 valence electrons. The van der Waals surface area contributed by atoms with Crippen LogP contribution in [0.1, 0.15) is 39.5 Å². The number of hydrogen-bond donors (Lipinski definition) is 0. The van der Waals surface area contributed by atoms with Gasteiger partial charge >= 0.3 is 0 Å². The van der Waals surface area contributed by atoms with Gasteiger partial charge in [0.25, 0.3) is 0 Å². The molecule has 1 fully saturated rings. The second-order valence-corrected chi connectivity index (χ2v) is 4.48. The van der Waals surface area contributed by atoms with Gasteiger partial charge in [0, 0.05) is 27.1 Å². The minimum Gasteiger partial charge on any atom is -0.353 e. The van der Waals surface area contributed by atoms with Gasteiger partial charge in [0.05, 0.1) is 0 Å². The Morgan fingerprint density at radius 1 is 0.833 bits per heavy atom. The highest BCUT2D eigenvalue weighted by Crippen LogP contribution is 2.41. The highest BCUT2D eigenvalue weighted by atomic mass is 16.7. The summed E-state index contributed by atoms with van der Waals surface area (Å²) in [6.07, 6.45) is 4.42. The third-order valence-electron chi connectivity index (χ3n) is 3.11. The minimum absolute atomic E-state index is 0.282. The van der Waals surface area contributed by atoms with Crippen LogP contribution in [0.15, 0.2) is 0 Å². The van der Waals surface area contributed by atoms with Crippen molar-refractivity contribution in [3.8, 4) is 0 Å². The van der Waals surface area contributed by atoms with E-state index in [4.69, 9.17) is 9.47 Å².